The molecule has 0 aromatic heterocycles. The second kappa shape index (κ2) is 7.72. The Bertz CT molecular complexity index is 548. The van der Waals surface area contributed by atoms with Gasteiger partial charge in [0.1, 0.15) is 0 Å². The predicted octanol–water partition coefficient (Wildman–Crippen LogP) is 3.01. The number of nitrogens with two attached hydrogens (primary N) is 1. The Hall–Kier alpha value is -1.43. The number of likely N-dealkylation sites (tertiary alicyclic amines) is 1. The molecule has 0 amide bonds. The van der Waals surface area contributed by atoms with Crippen LogP contribution in [0.2, 0.25) is 0 Å². The number of benzene rings is 1. The highest BCUT2D eigenvalue weighted by atomic mass is 79.9. The SMILES string of the molecule is COc1cc(CN=C(N)N2CCCC(C)C2)cc(Br)c1OC. The largest absolute Gasteiger partial charge is 0.493 e. The Morgan fingerprint density at radius 1 is 1.41 bits per heavy atom. The van der Waals surface area contributed by atoms with E-state index in [0.717, 1.165) is 23.1 Å². The molecule has 22 heavy (non-hydrogen) atoms. The first-order chi connectivity index (χ1) is 10.5. The zero-order chi connectivity index (χ0) is 16.1. The molecule has 1 aromatic carbocycles. The van der Waals surface area contributed by atoms with E-state index in [1.807, 2.05) is 12.1 Å². The highest BCUT2D eigenvalue weighted by Gasteiger charge is 2.17. The molecular weight excluding hydrogens is 346 g/mol. The summed E-state index contributed by atoms with van der Waals surface area (Å²) < 4.78 is 11.5. The average molecular weight is 370 g/mol. The number of halogens is 1. The Kier molecular flexibility index (Phi) is 5.94. The zero-order valence-electron chi connectivity index (χ0n) is 13.4. The van der Waals surface area contributed by atoms with Crippen molar-refractivity contribution in [1.29, 1.82) is 0 Å². The highest BCUT2D eigenvalue weighted by Crippen LogP contribution is 2.36. The van der Waals surface area contributed by atoms with Crippen LogP contribution in [0.15, 0.2) is 21.6 Å². The van der Waals surface area contributed by atoms with Gasteiger partial charge in [-0.2, -0.15) is 0 Å². The van der Waals surface area contributed by atoms with Crippen LogP contribution in [0.3, 0.4) is 0 Å². The summed E-state index contributed by atoms with van der Waals surface area (Å²) in [5.41, 5.74) is 7.16. The lowest BCUT2D eigenvalue weighted by molar-refractivity contribution is 0.270. The third-order valence-corrected chi connectivity index (χ3v) is 4.49. The summed E-state index contributed by atoms with van der Waals surface area (Å²) in [5.74, 6) is 2.68. The molecule has 6 heteroatoms. The minimum atomic E-state index is 0.523. The minimum Gasteiger partial charge on any atom is -0.493 e. The number of ether oxygens (including phenoxy) is 2. The van der Waals surface area contributed by atoms with Crippen LogP contribution in [-0.2, 0) is 6.54 Å². The van der Waals surface area contributed by atoms with E-state index in [4.69, 9.17) is 15.2 Å². The molecular formula is C16H24BrN3O2. The van der Waals surface area contributed by atoms with E-state index >= 15 is 0 Å². The van der Waals surface area contributed by atoms with E-state index in [1.165, 1.54) is 12.8 Å². The molecule has 1 saturated heterocycles. The van der Waals surface area contributed by atoms with Crippen molar-refractivity contribution >= 4 is 21.9 Å². The molecule has 1 aliphatic rings. The lowest BCUT2D eigenvalue weighted by Crippen LogP contribution is -2.43. The van der Waals surface area contributed by atoms with Crippen molar-refractivity contribution in [3.63, 3.8) is 0 Å². The summed E-state index contributed by atoms with van der Waals surface area (Å²) in [6.07, 6.45) is 2.45. The first-order valence-corrected chi connectivity index (χ1v) is 8.29. The molecule has 122 valence electrons. The second-order valence-corrected chi connectivity index (χ2v) is 6.54. The van der Waals surface area contributed by atoms with Gasteiger partial charge in [-0.3, -0.25) is 0 Å². The Labute approximate surface area is 140 Å². The smallest absolute Gasteiger partial charge is 0.191 e. The van der Waals surface area contributed by atoms with E-state index in [2.05, 4.69) is 32.7 Å². The molecule has 2 N–H and O–H groups in total. The number of hydrogen-bond acceptors (Lipinski definition) is 3. The molecule has 1 aliphatic heterocycles. The van der Waals surface area contributed by atoms with E-state index in [1.54, 1.807) is 14.2 Å². The quantitative estimate of drug-likeness (QED) is 0.654. The predicted molar refractivity (Wildman–Crippen MR) is 92.5 cm³/mol. The van der Waals surface area contributed by atoms with E-state index < -0.39 is 0 Å². The highest BCUT2D eigenvalue weighted by molar-refractivity contribution is 9.10. The van der Waals surface area contributed by atoms with Gasteiger partial charge in [0.25, 0.3) is 0 Å². The molecule has 0 bridgehead atoms. The molecule has 0 saturated carbocycles. The van der Waals surface area contributed by atoms with Gasteiger partial charge in [0.15, 0.2) is 17.5 Å². The number of methoxy groups -OCH3 is 2. The maximum atomic E-state index is 6.13. The topological polar surface area (TPSA) is 60.1 Å². The monoisotopic (exact) mass is 369 g/mol. The van der Waals surface area contributed by atoms with Crippen molar-refractivity contribution in [1.82, 2.24) is 4.90 Å². The normalized spacial score (nSPS) is 19.2. The van der Waals surface area contributed by atoms with Gasteiger partial charge in [-0.05, 0) is 52.4 Å². The zero-order valence-corrected chi connectivity index (χ0v) is 15.0. The summed E-state index contributed by atoms with van der Waals surface area (Å²) >= 11 is 3.50. The molecule has 0 spiro atoms. The van der Waals surface area contributed by atoms with Crippen molar-refractivity contribution in [2.24, 2.45) is 16.6 Å². The first-order valence-electron chi connectivity index (χ1n) is 7.50. The van der Waals surface area contributed by atoms with Crippen molar-refractivity contribution in [3.05, 3.63) is 22.2 Å². The van der Waals surface area contributed by atoms with Gasteiger partial charge < -0.3 is 20.1 Å². The summed E-state index contributed by atoms with van der Waals surface area (Å²) in [6.45, 7) is 4.76. The molecule has 0 radical (unpaired) electrons. The molecule has 0 aliphatic carbocycles. The van der Waals surface area contributed by atoms with Crippen molar-refractivity contribution in [2.45, 2.75) is 26.3 Å². The molecule has 1 aromatic rings. The number of guanidine groups is 1. The van der Waals surface area contributed by atoms with Crippen LogP contribution in [0.5, 0.6) is 11.5 Å². The van der Waals surface area contributed by atoms with Crippen LogP contribution in [0.25, 0.3) is 0 Å². The maximum Gasteiger partial charge on any atom is 0.191 e. The number of nitrogens with zero attached hydrogens (tertiary/aromatic N) is 2. The molecule has 1 unspecified atom stereocenters. The van der Waals surface area contributed by atoms with Gasteiger partial charge in [0.2, 0.25) is 0 Å². The molecule has 1 atom stereocenters. The van der Waals surface area contributed by atoms with E-state index in [0.29, 0.717) is 29.9 Å². The van der Waals surface area contributed by atoms with Crippen molar-refractivity contribution in [2.75, 3.05) is 27.3 Å². The van der Waals surface area contributed by atoms with Crippen LogP contribution >= 0.6 is 15.9 Å². The van der Waals surface area contributed by atoms with Gasteiger partial charge in [0, 0.05) is 13.1 Å². The fourth-order valence-corrected chi connectivity index (χ4v) is 3.38. The van der Waals surface area contributed by atoms with Crippen LogP contribution in [0, 0.1) is 5.92 Å². The summed E-state index contributed by atoms with van der Waals surface area (Å²) in [7, 11) is 3.25. The first kappa shape index (κ1) is 16.9. The van der Waals surface area contributed by atoms with Crippen LogP contribution in [0.1, 0.15) is 25.3 Å². The summed E-state index contributed by atoms with van der Waals surface area (Å²) in [6, 6.07) is 3.91. The fourth-order valence-electron chi connectivity index (χ4n) is 2.73. The molecule has 2 rings (SSSR count). The Morgan fingerprint density at radius 3 is 2.82 bits per heavy atom. The number of hydrogen-bond donors (Lipinski definition) is 1. The van der Waals surface area contributed by atoms with Gasteiger partial charge >= 0.3 is 0 Å². The fraction of sp³-hybridized carbons (Fsp3) is 0.562. The molecule has 1 heterocycles. The number of rotatable bonds is 4. The van der Waals surface area contributed by atoms with Gasteiger partial charge in [-0.1, -0.05) is 6.92 Å². The maximum absolute atomic E-state index is 6.13. The van der Waals surface area contributed by atoms with Crippen molar-refractivity contribution < 1.29 is 9.47 Å². The summed E-state index contributed by atoms with van der Waals surface area (Å²) in [5, 5.41) is 0. The molecule has 5 nitrogen and oxygen atoms in total. The number of piperidine rings is 1. The third kappa shape index (κ3) is 4.06. The molecule has 1 fully saturated rings. The van der Waals surface area contributed by atoms with E-state index in [9.17, 15) is 0 Å². The lowest BCUT2D eigenvalue weighted by Gasteiger charge is -2.31. The Balaban J connectivity index is 2.10. The van der Waals surface area contributed by atoms with Crippen molar-refractivity contribution in [3.8, 4) is 11.5 Å². The standard InChI is InChI=1S/C16H24BrN3O2/c1-11-5-4-6-20(10-11)16(18)19-9-12-7-13(17)15(22-3)14(8-12)21-2/h7-8,11H,4-6,9-10H2,1-3H3,(H2,18,19). The van der Waals surface area contributed by atoms with E-state index in [-0.39, 0.29) is 0 Å². The van der Waals surface area contributed by atoms with Crippen LogP contribution in [-0.4, -0.2) is 38.2 Å². The van der Waals surface area contributed by atoms with Crippen LogP contribution < -0.4 is 15.2 Å². The van der Waals surface area contributed by atoms with Gasteiger partial charge in [-0.15, -0.1) is 0 Å². The summed E-state index contributed by atoms with van der Waals surface area (Å²) in [4.78, 5) is 6.70. The average Bonchev–Trinajstić information content (AvgIpc) is 2.51. The lowest BCUT2D eigenvalue weighted by atomic mass is 10.0. The third-order valence-electron chi connectivity index (χ3n) is 3.90. The Morgan fingerprint density at radius 2 is 2.18 bits per heavy atom. The minimum absolute atomic E-state index is 0.523. The van der Waals surface area contributed by atoms with Crippen LogP contribution in [0.4, 0.5) is 0 Å². The second-order valence-electron chi connectivity index (χ2n) is 5.68. The van der Waals surface area contributed by atoms with Gasteiger partial charge in [-0.25, -0.2) is 4.99 Å². The van der Waals surface area contributed by atoms with Gasteiger partial charge in [0.05, 0.1) is 25.2 Å². The number of aliphatic imine (C=N–C) groups is 1.